The lowest BCUT2D eigenvalue weighted by Gasteiger charge is -2.30. The van der Waals surface area contributed by atoms with Gasteiger partial charge in [-0.25, -0.2) is 0 Å². The van der Waals surface area contributed by atoms with Crippen LogP contribution in [0.25, 0.3) is 0 Å². The predicted molar refractivity (Wildman–Crippen MR) is 126 cm³/mol. The van der Waals surface area contributed by atoms with Crippen molar-refractivity contribution >= 4 is 21.5 Å². The third-order valence-corrected chi connectivity index (χ3v) is 7.46. The standard InChI is InChI=1S/C25H30O8S/c1-16-11-13-18(14-12-16)34(28,29)23(27)19(26)20-21-22(33-25(2,3)32-21)24(31-20)30-15-7-10-17-8-5-4-6-9-17/h4-6,8-9,11-14,20-22,24,28-29H,7,10,15H2,1-3H3/t20-,21+,22+,24+/m1/s1. The first kappa shape index (κ1) is 25.0. The molecule has 0 saturated carbocycles. The maximum Gasteiger partial charge on any atom is 0.313 e. The minimum atomic E-state index is -4.02. The normalized spacial score (nSPS) is 26.3. The van der Waals surface area contributed by atoms with Crippen molar-refractivity contribution in [2.75, 3.05) is 6.61 Å². The van der Waals surface area contributed by atoms with Gasteiger partial charge < -0.3 is 18.9 Å². The van der Waals surface area contributed by atoms with E-state index in [1.165, 1.54) is 17.7 Å². The quantitative estimate of drug-likeness (QED) is 0.420. The van der Waals surface area contributed by atoms with E-state index in [4.69, 9.17) is 18.9 Å². The first-order chi connectivity index (χ1) is 16.1. The molecule has 2 aliphatic rings. The Balaban J connectivity index is 1.43. The lowest BCUT2D eigenvalue weighted by Crippen LogP contribution is -2.40. The second kappa shape index (κ2) is 9.87. The van der Waals surface area contributed by atoms with E-state index in [2.05, 4.69) is 0 Å². The van der Waals surface area contributed by atoms with Crippen LogP contribution in [0.2, 0.25) is 0 Å². The van der Waals surface area contributed by atoms with Crippen LogP contribution >= 0.6 is 10.6 Å². The fraction of sp³-hybridized carbons (Fsp3) is 0.440. The van der Waals surface area contributed by atoms with Gasteiger partial charge in [-0.05, 0) is 51.3 Å². The van der Waals surface area contributed by atoms with Crippen LogP contribution in [0.3, 0.4) is 0 Å². The van der Waals surface area contributed by atoms with E-state index < -0.39 is 51.9 Å². The molecule has 34 heavy (non-hydrogen) atoms. The number of ketones is 1. The number of Topliss-reactive ketones (excluding diaryl/α,β-unsaturated/α-hetero) is 1. The van der Waals surface area contributed by atoms with Gasteiger partial charge in [0.15, 0.2) is 18.2 Å². The molecule has 0 radical (unpaired) electrons. The third-order valence-electron chi connectivity index (χ3n) is 5.81. The monoisotopic (exact) mass is 490 g/mol. The van der Waals surface area contributed by atoms with Crippen molar-refractivity contribution < 1.29 is 37.6 Å². The molecule has 0 unspecified atom stereocenters. The first-order valence-electron chi connectivity index (χ1n) is 11.2. The molecular weight excluding hydrogens is 460 g/mol. The summed E-state index contributed by atoms with van der Waals surface area (Å²) in [6.07, 6.45) is -2.39. The summed E-state index contributed by atoms with van der Waals surface area (Å²) >= 11 is 0. The number of rotatable bonds is 8. The van der Waals surface area contributed by atoms with Gasteiger partial charge in [0.1, 0.15) is 12.2 Å². The Labute approximate surface area is 200 Å². The molecule has 0 amide bonds. The molecule has 2 saturated heterocycles. The van der Waals surface area contributed by atoms with Crippen LogP contribution in [0.15, 0.2) is 59.5 Å². The van der Waals surface area contributed by atoms with Crippen molar-refractivity contribution in [1.29, 1.82) is 0 Å². The van der Waals surface area contributed by atoms with Crippen LogP contribution in [0.5, 0.6) is 0 Å². The zero-order chi connectivity index (χ0) is 24.5. The first-order valence-corrected chi connectivity index (χ1v) is 12.7. The van der Waals surface area contributed by atoms with Crippen LogP contribution in [-0.2, 0) is 35.0 Å². The molecule has 0 aromatic heterocycles. The number of carbonyl (C=O) groups excluding carboxylic acids is 2. The minimum Gasteiger partial charge on any atom is -0.350 e. The fourth-order valence-corrected chi connectivity index (χ4v) is 5.24. The van der Waals surface area contributed by atoms with Crippen LogP contribution in [0.1, 0.15) is 31.4 Å². The van der Waals surface area contributed by atoms with Crippen LogP contribution < -0.4 is 0 Å². The lowest BCUT2D eigenvalue weighted by molar-refractivity contribution is -0.231. The molecule has 2 fully saturated rings. The zero-order valence-corrected chi connectivity index (χ0v) is 20.2. The van der Waals surface area contributed by atoms with E-state index in [0.717, 1.165) is 18.4 Å². The Bertz CT molecular complexity index is 1020. The Morgan fingerprint density at radius 1 is 1.00 bits per heavy atom. The highest BCUT2D eigenvalue weighted by molar-refractivity contribution is 8.38. The van der Waals surface area contributed by atoms with Crippen LogP contribution in [0.4, 0.5) is 0 Å². The summed E-state index contributed by atoms with van der Waals surface area (Å²) in [5.74, 6) is -2.08. The number of hydrogen-bond donors (Lipinski definition) is 2. The Morgan fingerprint density at radius 3 is 2.32 bits per heavy atom. The molecule has 9 heteroatoms. The van der Waals surface area contributed by atoms with E-state index in [9.17, 15) is 18.7 Å². The fourth-order valence-electron chi connectivity index (χ4n) is 4.12. The molecule has 2 N–H and O–H groups in total. The van der Waals surface area contributed by atoms with Crippen molar-refractivity contribution in [3.63, 3.8) is 0 Å². The largest absolute Gasteiger partial charge is 0.350 e. The summed E-state index contributed by atoms with van der Waals surface area (Å²) in [5.41, 5.74) is 2.06. The molecule has 8 nitrogen and oxygen atoms in total. The number of aryl methyl sites for hydroxylation is 2. The Morgan fingerprint density at radius 2 is 1.65 bits per heavy atom. The number of benzene rings is 2. The van der Waals surface area contributed by atoms with Crippen molar-refractivity contribution in [2.24, 2.45) is 0 Å². The van der Waals surface area contributed by atoms with Crippen molar-refractivity contribution in [1.82, 2.24) is 0 Å². The van der Waals surface area contributed by atoms with Crippen molar-refractivity contribution in [3.05, 3.63) is 65.7 Å². The molecule has 2 heterocycles. The number of ether oxygens (including phenoxy) is 4. The highest BCUT2D eigenvalue weighted by Gasteiger charge is 2.59. The summed E-state index contributed by atoms with van der Waals surface area (Å²) in [6.45, 7) is 5.57. The molecule has 0 bridgehead atoms. The van der Waals surface area contributed by atoms with Gasteiger partial charge in [-0.2, -0.15) is 0 Å². The second-order valence-electron chi connectivity index (χ2n) is 8.96. The van der Waals surface area contributed by atoms with E-state index in [0.29, 0.717) is 6.61 Å². The van der Waals surface area contributed by atoms with Crippen molar-refractivity contribution in [3.8, 4) is 0 Å². The van der Waals surface area contributed by atoms with Crippen LogP contribution in [0, 0.1) is 6.92 Å². The van der Waals surface area contributed by atoms with Gasteiger partial charge >= 0.3 is 5.12 Å². The van der Waals surface area contributed by atoms with Gasteiger partial charge in [-0.1, -0.05) is 48.0 Å². The molecule has 4 rings (SSSR count). The summed E-state index contributed by atoms with van der Waals surface area (Å²) in [4.78, 5) is 25.9. The molecule has 2 aliphatic heterocycles. The molecule has 2 aromatic rings. The zero-order valence-electron chi connectivity index (χ0n) is 19.4. The predicted octanol–water partition coefficient (Wildman–Crippen LogP) is 4.09. The highest BCUT2D eigenvalue weighted by atomic mass is 32.3. The molecule has 4 atom stereocenters. The molecular formula is C25H30O8S. The van der Waals surface area contributed by atoms with E-state index >= 15 is 0 Å². The number of hydrogen-bond acceptors (Lipinski definition) is 8. The Hall–Kier alpha value is -2.11. The SMILES string of the molecule is Cc1ccc(S(O)(O)C(=O)C(=O)[C@H]2O[C@H](OCCCc3ccccc3)[C@H]3OC(C)(C)O[C@H]32)cc1. The maximum atomic E-state index is 13.1. The lowest BCUT2D eigenvalue weighted by atomic mass is 10.1. The summed E-state index contributed by atoms with van der Waals surface area (Å²) in [6, 6.07) is 16.1. The summed E-state index contributed by atoms with van der Waals surface area (Å²) in [7, 11) is -4.02. The van der Waals surface area contributed by atoms with Gasteiger partial charge in [0, 0.05) is 0 Å². The molecule has 2 aromatic carbocycles. The van der Waals surface area contributed by atoms with Gasteiger partial charge in [-0.15, -0.1) is 10.6 Å². The number of carbonyl (C=O) groups is 2. The minimum absolute atomic E-state index is 0.0244. The van der Waals surface area contributed by atoms with Gasteiger partial charge in [0.2, 0.25) is 0 Å². The Kier molecular flexibility index (Phi) is 7.25. The highest BCUT2D eigenvalue weighted by Crippen LogP contribution is 2.50. The van der Waals surface area contributed by atoms with E-state index in [-0.39, 0.29) is 4.90 Å². The third kappa shape index (κ3) is 5.26. The average molecular weight is 491 g/mol. The summed E-state index contributed by atoms with van der Waals surface area (Å²) < 4.78 is 44.5. The van der Waals surface area contributed by atoms with Crippen LogP contribution in [-0.4, -0.2) is 57.0 Å². The smallest absolute Gasteiger partial charge is 0.313 e. The van der Waals surface area contributed by atoms with Gasteiger partial charge in [0.25, 0.3) is 5.78 Å². The van der Waals surface area contributed by atoms with E-state index in [1.54, 1.807) is 26.0 Å². The molecule has 0 aliphatic carbocycles. The van der Waals surface area contributed by atoms with Crippen molar-refractivity contribution in [2.45, 2.75) is 68.9 Å². The van der Waals surface area contributed by atoms with Gasteiger partial charge in [-0.3, -0.25) is 18.7 Å². The maximum absolute atomic E-state index is 13.1. The molecule has 184 valence electrons. The summed E-state index contributed by atoms with van der Waals surface area (Å²) in [5, 5.41) is -1.32. The number of fused-ring (bicyclic) bond motifs is 1. The molecule has 0 spiro atoms. The second-order valence-corrected chi connectivity index (χ2v) is 10.9. The topological polar surface area (TPSA) is 112 Å². The average Bonchev–Trinajstić information content (AvgIpc) is 3.29. The van der Waals surface area contributed by atoms with Gasteiger partial charge in [0.05, 0.1) is 11.5 Å². The van der Waals surface area contributed by atoms with E-state index in [1.807, 2.05) is 37.3 Å².